The Bertz CT molecular complexity index is 606. The smallest absolute Gasteiger partial charge is 0.184 e. The Balaban J connectivity index is 0.00000192. The summed E-state index contributed by atoms with van der Waals surface area (Å²) in [5, 5.41) is 3.92. The van der Waals surface area contributed by atoms with Gasteiger partial charge in [0.2, 0.25) is 0 Å². The second kappa shape index (κ2) is 8.85. The zero-order valence-electron chi connectivity index (χ0n) is 13.2. The number of halogens is 1. The molecule has 0 N–H and O–H groups in total. The fraction of sp³-hybridized carbons (Fsp3) is 0.444. The molecule has 1 saturated heterocycles. The van der Waals surface area contributed by atoms with E-state index in [0.29, 0.717) is 17.9 Å². The number of carbonyl (C=O) groups excluding carboxylic acids is 1. The van der Waals surface area contributed by atoms with E-state index in [0.717, 1.165) is 18.5 Å². The summed E-state index contributed by atoms with van der Waals surface area (Å²) in [6.45, 7) is 3.36. The highest BCUT2D eigenvalue weighted by Gasteiger charge is 2.15. The van der Waals surface area contributed by atoms with Crippen molar-refractivity contribution in [2.45, 2.75) is 32.1 Å². The molecule has 0 bridgehead atoms. The number of aromatic nitrogens is 1. The number of hydrogen-bond acceptors (Lipinski definition) is 4. The lowest BCUT2D eigenvalue weighted by Gasteiger charge is -2.26. The minimum Gasteiger partial charge on any atom is -0.356 e. The highest BCUT2D eigenvalue weighted by Crippen LogP contribution is 2.20. The molecule has 1 fully saturated rings. The van der Waals surface area contributed by atoms with Crippen LogP contribution in [0.25, 0.3) is 11.3 Å². The molecule has 2 heterocycles. The van der Waals surface area contributed by atoms with Crippen molar-refractivity contribution in [3.8, 4) is 11.3 Å². The van der Waals surface area contributed by atoms with Gasteiger partial charge in [-0.05, 0) is 38.9 Å². The van der Waals surface area contributed by atoms with E-state index in [1.165, 1.54) is 32.4 Å². The van der Waals surface area contributed by atoms with Crippen molar-refractivity contribution in [2.75, 3.05) is 19.6 Å². The predicted molar refractivity (Wildman–Crippen MR) is 93.0 cm³/mol. The van der Waals surface area contributed by atoms with Crippen LogP contribution in [0.5, 0.6) is 0 Å². The number of Topliss-reactive ketones (excluding diaryl/α,β-unsaturated/α-hetero) is 1. The lowest BCUT2D eigenvalue weighted by molar-refractivity contribution is 0.0964. The monoisotopic (exact) mass is 334 g/mol. The fourth-order valence-corrected chi connectivity index (χ4v) is 2.92. The van der Waals surface area contributed by atoms with Crippen LogP contribution in [0.3, 0.4) is 0 Å². The quantitative estimate of drug-likeness (QED) is 0.742. The molecule has 0 radical (unpaired) electrons. The number of rotatable bonds is 6. The molecule has 0 unspecified atom stereocenters. The third kappa shape index (κ3) is 4.91. The zero-order chi connectivity index (χ0) is 15.2. The highest BCUT2D eigenvalue weighted by molar-refractivity contribution is 5.94. The van der Waals surface area contributed by atoms with Gasteiger partial charge in [0.25, 0.3) is 0 Å². The number of ketones is 1. The molecule has 1 aliphatic heterocycles. The summed E-state index contributed by atoms with van der Waals surface area (Å²) in [5.41, 5.74) is 1.39. The standard InChI is InChI=1S/C18H22N2O2.ClH/c21-17(10-7-13-20-11-5-2-6-12-20)16-14-18(22-19-16)15-8-3-1-4-9-15;/h1,3-4,8-9,14H,2,5-7,10-13H2;1H. The van der Waals surface area contributed by atoms with Crippen LogP contribution in [0.15, 0.2) is 40.9 Å². The van der Waals surface area contributed by atoms with Crippen LogP contribution in [-0.2, 0) is 0 Å². The van der Waals surface area contributed by atoms with E-state index < -0.39 is 0 Å². The van der Waals surface area contributed by atoms with E-state index >= 15 is 0 Å². The first-order valence-corrected chi connectivity index (χ1v) is 8.10. The van der Waals surface area contributed by atoms with Crippen molar-refractivity contribution in [3.63, 3.8) is 0 Å². The Labute approximate surface area is 143 Å². The number of piperidine rings is 1. The first-order valence-electron chi connectivity index (χ1n) is 8.10. The third-order valence-electron chi connectivity index (χ3n) is 4.18. The van der Waals surface area contributed by atoms with E-state index in [1.807, 2.05) is 30.3 Å². The molecule has 5 heteroatoms. The maximum absolute atomic E-state index is 12.2. The first kappa shape index (κ1) is 17.7. The molecule has 0 spiro atoms. The number of carbonyl (C=O) groups is 1. The molecule has 1 aromatic carbocycles. The van der Waals surface area contributed by atoms with Crippen LogP contribution in [0.4, 0.5) is 0 Å². The second-order valence-electron chi connectivity index (χ2n) is 5.87. The molecule has 23 heavy (non-hydrogen) atoms. The van der Waals surface area contributed by atoms with Crippen LogP contribution in [0.1, 0.15) is 42.6 Å². The van der Waals surface area contributed by atoms with Crippen molar-refractivity contribution in [2.24, 2.45) is 0 Å². The van der Waals surface area contributed by atoms with Gasteiger partial charge in [0.15, 0.2) is 11.5 Å². The van der Waals surface area contributed by atoms with Gasteiger partial charge in [0.05, 0.1) is 0 Å². The molecular weight excluding hydrogens is 312 g/mol. The summed E-state index contributed by atoms with van der Waals surface area (Å²) in [7, 11) is 0. The lowest BCUT2D eigenvalue weighted by atomic mass is 10.1. The molecule has 0 aliphatic carbocycles. The van der Waals surface area contributed by atoms with Crippen LogP contribution in [0, 0.1) is 0 Å². The van der Waals surface area contributed by atoms with Crippen LogP contribution >= 0.6 is 12.4 Å². The maximum Gasteiger partial charge on any atom is 0.184 e. The van der Waals surface area contributed by atoms with Gasteiger partial charge in [0.1, 0.15) is 5.69 Å². The highest BCUT2D eigenvalue weighted by atomic mass is 35.5. The maximum atomic E-state index is 12.2. The molecule has 1 aliphatic rings. The van der Waals surface area contributed by atoms with E-state index in [2.05, 4.69) is 10.1 Å². The molecule has 0 saturated carbocycles. The van der Waals surface area contributed by atoms with E-state index in [-0.39, 0.29) is 18.2 Å². The second-order valence-corrected chi connectivity index (χ2v) is 5.87. The van der Waals surface area contributed by atoms with Crippen LogP contribution in [-0.4, -0.2) is 35.5 Å². The number of hydrogen-bond donors (Lipinski definition) is 0. The van der Waals surface area contributed by atoms with Crippen LogP contribution in [0.2, 0.25) is 0 Å². The number of likely N-dealkylation sites (tertiary alicyclic amines) is 1. The Morgan fingerprint density at radius 2 is 1.87 bits per heavy atom. The summed E-state index contributed by atoms with van der Waals surface area (Å²) < 4.78 is 5.29. The Morgan fingerprint density at radius 3 is 2.61 bits per heavy atom. The van der Waals surface area contributed by atoms with Crippen molar-refractivity contribution in [1.82, 2.24) is 10.1 Å². The van der Waals surface area contributed by atoms with Crippen molar-refractivity contribution < 1.29 is 9.32 Å². The molecule has 1 aromatic heterocycles. The van der Waals surface area contributed by atoms with E-state index in [9.17, 15) is 4.79 Å². The molecule has 0 atom stereocenters. The number of benzene rings is 1. The van der Waals surface area contributed by atoms with Crippen molar-refractivity contribution >= 4 is 18.2 Å². The summed E-state index contributed by atoms with van der Waals surface area (Å²) in [4.78, 5) is 14.6. The lowest BCUT2D eigenvalue weighted by Crippen LogP contribution is -2.30. The van der Waals surface area contributed by atoms with E-state index in [1.54, 1.807) is 6.07 Å². The molecule has 0 amide bonds. The Hall–Kier alpha value is -1.65. The SMILES string of the molecule is Cl.O=C(CCCN1CCCCC1)c1cc(-c2ccccc2)on1. The Kier molecular flexibility index (Phi) is 6.81. The van der Waals surface area contributed by atoms with Crippen LogP contribution < -0.4 is 0 Å². The average molecular weight is 335 g/mol. The summed E-state index contributed by atoms with van der Waals surface area (Å²) in [5.74, 6) is 0.725. The molecule has 4 nitrogen and oxygen atoms in total. The minimum atomic E-state index is 0. The van der Waals surface area contributed by atoms with Gasteiger partial charge >= 0.3 is 0 Å². The molecule has 124 valence electrons. The van der Waals surface area contributed by atoms with Gasteiger partial charge in [-0.2, -0.15) is 0 Å². The van der Waals surface area contributed by atoms with Gasteiger partial charge in [-0.15, -0.1) is 12.4 Å². The van der Waals surface area contributed by atoms with Crippen molar-refractivity contribution in [3.05, 3.63) is 42.1 Å². The fourth-order valence-electron chi connectivity index (χ4n) is 2.92. The summed E-state index contributed by atoms with van der Waals surface area (Å²) in [6, 6.07) is 11.5. The Morgan fingerprint density at radius 1 is 1.13 bits per heavy atom. The number of nitrogens with zero attached hydrogens (tertiary/aromatic N) is 2. The summed E-state index contributed by atoms with van der Waals surface area (Å²) >= 11 is 0. The molecule has 3 rings (SSSR count). The topological polar surface area (TPSA) is 46.3 Å². The summed E-state index contributed by atoms with van der Waals surface area (Å²) in [6.07, 6.45) is 5.36. The minimum absolute atomic E-state index is 0. The average Bonchev–Trinajstić information content (AvgIpc) is 3.07. The van der Waals surface area contributed by atoms with Gasteiger partial charge in [-0.3, -0.25) is 4.79 Å². The van der Waals surface area contributed by atoms with E-state index in [4.69, 9.17) is 4.52 Å². The zero-order valence-corrected chi connectivity index (χ0v) is 14.1. The largest absolute Gasteiger partial charge is 0.356 e. The predicted octanol–water partition coefficient (Wildman–Crippen LogP) is 4.21. The van der Waals surface area contributed by atoms with Gasteiger partial charge < -0.3 is 9.42 Å². The normalized spacial score (nSPS) is 15.1. The first-order chi connectivity index (χ1) is 10.8. The van der Waals surface area contributed by atoms with Gasteiger partial charge in [-0.25, -0.2) is 0 Å². The molecule has 2 aromatic rings. The van der Waals surface area contributed by atoms with Gasteiger partial charge in [0, 0.05) is 18.1 Å². The molecular formula is C18H23ClN2O2. The van der Waals surface area contributed by atoms with Crippen molar-refractivity contribution in [1.29, 1.82) is 0 Å². The third-order valence-corrected chi connectivity index (χ3v) is 4.18. The van der Waals surface area contributed by atoms with Gasteiger partial charge in [-0.1, -0.05) is 41.9 Å².